The Labute approximate surface area is 136 Å². The summed E-state index contributed by atoms with van der Waals surface area (Å²) < 4.78 is 29.4. The minimum absolute atomic E-state index is 0.142. The molecule has 1 amide bonds. The van der Waals surface area contributed by atoms with Crippen LogP contribution in [-0.2, 0) is 24.3 Å². The number of tetrazole rings is 1. The third-order valence-corrected chi connectivity index (χ3v) is 4.19. The zero-order chi connectivity index (χ0) is 16.4. The average Bonchev–Trinajstić information content (AvgIpc) is 3.01. The Bertz CT molecular complexity index is 703. The maximum absolute atomic E-state index is 13.9. The van der Waals surface area contributed by atoms with Crippen LogP contribution in [0.4, 0.5) is 8.78 Å². The van der Waals surface area contributed by atoms with E-state index >= 15 is 0 Å². The molecule has 1 aromatic carbocycles. The third-order valence-electron chi connectivity index (χ3n) is 3.96. The molecule has 1 aliphatic rings. The van der Waals surface area contributed by atoms with Crippen LogP contribution in [-0.4, -0.2) is 42.9 Å². The fraction of sp³-hybridized carbons (Fsp3) is 0.429. The van der Waals surface area contributed by atoms with Gasteiger partial charge in [-0.1, -0.05) is 6.07 Å². The van der Waals surface area contributed by atoms with Crippen LogP contribution in [0.15, 0.2) is 18.2 Å². The Morgan fingerprint density at radius 2 is 2.13 bits per heavy atom. The summed E-state index contributed by atoms with van der Waals surface area (Å²) in [5, 5.41) is 11.3. The van der Waals surface area contributed by atoms with Gasteiger partial charge >= 0.3 is 0 Å². The number of rotatable bonds is 4. The van der Waals surface area contributed by atoms with Gasteiger partial charge in [0.25, 0.3) is 0 Å². The summed E-state index contributed by atoms with van der Waals surface area (Å²) in [5.41, 5.74) is -0.142. The molecule has 0 fully saturated rings. The Morgan fingerprint density at radius 1 is 1.39 bits per heavy atom. The fourth-order valence-electron chi connectivity index (χ4n) is 2.74. The zero-order valence-electron chi connectivity index (χ0n) is 12.1. The van der Waals surface area contributed by atoms with Crippen molar-refractivity contribution in [3.05, 3.63) is 41.2 Å². The van der Waals surface area contributed by atoms with Gasteiger partial charge < -0.3 is 4.90 Å². The Hall–Kier alpha value is -2.09. The van der Waals surface area contributed by atoms with Crippen molar-refractivity contribution in [3.63, 3.8) is 0 Å². The van der Waals surface area contributed by atoms with Crippen LogP contribution in [0.25, 0.3) is 0 Å². The quantitative estimate of drug-likeness (QED) is 0.791. The number of aryl methyl sites for hydroxylation is 1. The van der Waals surface area contributed by atoms with Crippen LogP contribution in [0.2, 0.25) is 0 Å². The van der Waals surface area contributed by atoms with E-state index in [1.54, 1.807) is 4.68 Å². The second kappa shape index (κ2) is 6.57. The maximum atomic E-state index is 13.9. The first-order chi connectivity index (χ1) is 11.1. The number of benzene rings is 1. The number of nitrogens with zero attached hydrogens (tertiary/aromatic N) is 5. The fourth-order valence-corrected chi connectivity index (χ4v) is 2.90. The molecule has 1 aromatic heterocycles. The number of aromatic nitrogens is 4. The second-order valence-corrected chi connectivity index (χ2v) is 5.59. The highest BCUT2D eigenvalue weighted by atomic mass is 35.5. The molecule has 0 saturated heterocycles. The van der Waals surface area contributed by atoms with Crippen LogP contribution in [0.3, 0.4) is 0 Å². The molecule has 3 rings (SSSR count). The van der Waals surface area contributed by atoms with Crippen LogP contribution >= 0.6 is 11.6 Å². The number of alkyl halides is 1. The lowest BCUT2D eigenvalue weighted by Crippen LogP contribution is -2.45. The van der Waals surface area contributed by atoms with Crippen molar-refractivity contribution in [3.8, 4) is 0 Å². The SMILES string of the molecule is O=C(CCl)N(Cc1c(F)cccc1F)C1CCn2nnnc2C1. The summed E-state index contributed by atoms with van der Waals surface area (Å²) in [6.45, 7) is 0.370. The van der Waals surface area contributed by atoms with E-state index < -0.39 is 11.6 Å². The average molecular weight is 342 g/mol. The van der Waals surface area contributed by atoms with E-state index in [2.05, 4.69) is 15.5 Å². The summed E-state index contributed by atoms with van der Waals surface area (Å²) in [5.74, 6) is -1.35. The van der Waals surface area contributed by atoms with E-state index in [0.717, 1.165) is 0 Å². The zero-order valence-corrected chi connectivity index (χ0v) is 12.9. The molecule has 0 spiro atoms. The van der Waals surface area contributed by atoms with Crippen LogP contribution in [0.5, 0.6) is 0 Å². The van der Waals surface area contributed by atoms with E-state index in [0.29, 0.717) is 25.2 Å². The number of carbonyl (C=O) groups is 1. The number of amides is 1. The number of hydrogen-bond donors (Lipinski definition) is 0. The van der Waals surface area contributed by atoms with Crippen molar-refractivity contribution in [2.24, 2.45) is 0 Å². The number of fused-ring (bicyclic) bond motifs is 1. The van der Waals surface area contributed by atoms with Crippen molar-refractivity contribution >= 4 is 17.5 Å². The van der Waals surface area contributed by atoms with Gasteiger partial charge in [0.2, 0.25) is 5.91 Å². The van der Waals surface area contributed by atoms with Crippen molar-refractivity contribution in [1.82, 2.24) is 25.1 Å². The summed E-state index contributed by atoms with van der Waals surface area (Å²) >= 11 is 5.67. The van der Waals surface area contributed by atoms with Gasteiger partial charge in [-0.3, -0.25) is 4.79 Å². The molecule has 9 heteroatoms. The molecule has 0 saturated carbocycles. The topological polar surface area (TPSA) is 63.9 Å². The van der Waals surface area contributed by atoms with Crippen LogP contribution < -0.4 is 0 Å². The summed E-state index contributed by atoms with van der Waals surface area (Å²) in [6, 6.07) is 3.38. The van der Waals surface area contributed by atoms with E-state index in [1.807, 2.05) is 0 Å². The van der Waals surface area contributed by atoms with E-state index in [9.17, 15) is 13.6 Å². The molecular weight excluding hydrogens is 328 g/mol. The summed E-state index contributed by atoms with van der Waals surface area (Å²) in [6.07, 6.45) is 1.02. The summed E-state index contributed by atoms with van der Waals surface area (Å²) in [7, 11) is 0. The highest BCUT2D eigenvalue weighted by Gasteiger charge is 2.30. The molecule has 1 unspecified atom stereocenters. The lowest BCUT2D eigenvalue weighted by atomic mass is 10.0. The molecule has 0 radical (unpaired) electrons. The van der Waals surface area contributed by atoms with Crippen molar-refractivity contribution in [2.75, 3.05) is 5.88 Å². The molecule has 0 bridgehead atoms. The first kappa shape index (κ1) is 15.8. The molecule has 0 aliphatic carbocycles. The second-order valence-electron chi connectivity index (χ2n) is 5.32. The van der Waals surface area contributed by atoms with Gasteiger partial charge in [0.15, 0.2) is 5.82 Å². The van der Waals surface area contributed by atoms with Gasteiger partial charge in [0.05, 0.1) is 6.54 Å². The molecule has 2 heterocycles. The molecular formula is C14H14ClF2N5O. The van der Waals surface area contributed by atoms with E-state index in [1.165, 1.54) is 23.1 Å². The minimum Gasteiger partial charge on any atom is -0.334 e. The first-order valence-corrected chi connectivity index (χ1v) is 7.67. The molecule has 122 valence electrons. The lowest BCUT2D eigenvalue weighted by Gasteiger charge is -2.33. The number of halogens is 3. The first-order valence-electron chi connectivity index (χ1n) is 7.13. The van der Waals surface area contributed by atoms with Crippen molar-refractivity contribution in [2.45, 2.75) is 32.0 Å². The van der Waals surface area contributed by atoms with Gasteiger partial charge in [-0.2, -0.15) is 0 Å². The van der Waals surface area contributed by atoms with Crippen LogP contribution in [0.1, 0.15) is 17.8 Å². The lowest BCUT2D eigenvalue weighted by molar-refractivity contribution is -0.132. The van der Waals surface area contributed by atoms with Crippen molar-refractivity contribution in [1.29, 1.82) is 0 Å². The summed E-state index contributed by atoms with van der Waals surface area (Å²) in [4.78, 5) is 13.6. The van der Waals surface area contributed by atoms with E-state index in [4.69, 9.17) is 11.6 Å². The highest BCUT2D eigenvalue weighted by molar-refractivity contribution is 6.27. The van der Waals surface area contributed by atoms with Gasteiger partial charge in [-0.25, -0.2) is 13.5 Å². The number of carbonyl (C=O) groups excluding carboxylic acids is 1. The van der Waals surface area contributed by atoms with Gasteiger partial charge in [0, 0.05) is 24.6 Å². The molecule has 2 aromatic rings. The molecule has 0 N–H and O–H groups in total. The highest BCUT2D eigenvalue weighted by Crippen LogP contribution is 2.22. The minimum atomic E-state index is -0.682. The third kappa shape index (κ3) is 3.17. The van der Waals surface area contributed by atoms with Gasteiger partial charge in [-0.05, 0) is 29.0 Å². The molecule has 1 aliphatic heterocycles. The smallest absolute Gasteiger partial charge is 0.238 e. The van der Waals surface area contributed by atoms with Crippen LogP contribution in [0, 0.1) is 11.6 Å². The Balaban J connectivity index is 1.86. The molecule has 6 nitrogen and oxygen atoms in total. The predicted octanol–water partition coefficient (Wildman–Crippen LogP) is 1.53. The van der Waals surface area contributed by atoms with Gasteiger partial charge in [-0.15, -0.1) is 16.7 Å². The standard InChI is InChI=1S/C14H14ClF2N5O/c15-7-14(23)21(8-10-11(16)2-1-3-12(10)17)9-4-5-22-13(6-9)18-19-20-22/h1-3,9H,4-8H2. The molecule has 23 heavy (non-hydrogen) atoms. The Kier molecular flexibility index (Phi) is 4.51. The number of hydrogen-bond acceptors (Lipinski definition) is 4. The molecule has 1 atom stereocenters. The van der Waals surface area contributed by atoms with E-state index in [-0.39, 0.29) is 29.9 Å². The largest absolute Gasteiger partial charge is 0.334 e. The monoisotopic (exact) mass is 341 g/mol. The normalized spacial score (nSPS) is 16.9. The van der Waals surface area contributed by atoms with Gasteiger partial charge in [0.1, 0.15) is 17.5 Å². The predicted molar refractivity (Wildman–Crippen MR) is 77.6 cm³/mol. The van der Waals surface area contributed by atoms with Crippen molar-refractivity contribution < 1.29 is 13.6 Å². The maximum Gasteiger partial charge on any atom is 0.238 e. The Morgan fingerprint density at radius 3 is 2.83 bits per heavy atom.